The smallest absolute Gasteiger partial charge is 0.264 e. The number of carbonyl (C=O) groups excluding carboxylic acids is 5. The van der Waals surface area contributed by atoms with E-state index in [-0.39, 0.29) is 42.0 Å². The van der Waals surface area contributed by atoms with E-state index in [0.717, 1.165) is 30.8 Å². The summed E-state index contributed by atoms with van der Waals surface area (Å²) >= 11 is 0. The van der Waals surface area contributed by atoms with Gasteiger partial charge in [0.15, 0.2) is 0 Å². The first-order chi connectivity index (χ1) is 30.9. The first-order valence-corrected chi connectivity index (χ1v) is 22.9. The number of hydrogen-bond acceptors (Lipinski definition) is 15. The second-order valence-electron chi connectivity index (χ2n) is 14.9. The third kappa shape index (κ3) is 23.9. The number of nitrogens with zero attached hydrogens (tertiary/aromatic N) is 1. The van der Waals surface area contributed by atoms with Gasteiger partial charge in [0.2, 0.25) is 17.7 Å². The summed E-state index contributed by atoms with van der Waals surface area (Å²) in [6.07, 6.45) is 10.1. The van der Waals surface area contributed by atoms with Gasteiger partial charge >= 0.3 is 0 Å². The van der Waals surface area contributed by atoms with Crippen molar-refractivity contribution >= 4 is 35.2 Å². The first kappa shape index (κ1) is 53.9. The Morgan fingerprint density at radius 2 is 0.968 bits per heavy atom. The zero-order valence-corrected chi connectivity index (χ0v) is 37.5. The molecule has 18 heteroatoms. The topological polar surface area (TPSA) is 205 Å². The van der Waals surface area contributed by atoms with Crippen LogP contribution in [0.25, 0.3) is 0 Å². The van der Waals surface area contributed by atoms with Crippen molar-refractivity contribution in [2.75, 3.05) is 137 Å². The standard InChI is InChI=1S/C45H73N3O15/c1-2-3-4-5-6-9-17-54-19-21-56-23-25-58-27-29-60-31-33-62-35-36-63-34-32-61-30-28-59-26-24-57-22-20-55-18-10-7-8-14-40(49)46-38-13-11-12-37-42(38)45(53)48(44(37)52)39-15-16-41(50)47-43(39)51/h11-13,39H,2-10,14-36H2,1H3,(H,46,49)(H,47,50,51). The molecular formula is C45H73N3O15. The summed E-state index contributed by atoms with van der Waals surface area (Å²) in [5, 5.41) is 4.91. The van der Waals surface area contributed by atoms with Crippen molar-refractivity contribution in [3.8, 4) is 0 Å². The molecule has 0 aromatic heterocycles. The third-order valence-electron chi connectivity index (χ3n) is 9.93. The zero-order chi connectivity index (χ0) is 45.0. The van der Waals surface area contributed by atoms with E-state index >= 15 is 0 Å². The molecular weight excluding hydrogens is 823 g/mol. The number of piperidine rings is 1. The predicted molar refractivity (Wildman–Crippen MR) is 232 cm³/mol. The number of unbranched alkanes of at least 4 members (excludes halogenated alkanes) is 7. The Hall–Kier alpha value is -3.43. The highest BCUT2D eigenvalue weighted by atomic mass is 16.6. The van der Waals surface area contributed by atoms with E-state index < -0.39 is 29.7 Å². The molecule has 2 heterocycles. The number of rotatable bonds is 42. The average Bonchev–Trinajstić information content (AvgIpc) is 3.53. The zero-order valence-electron chi connectivity index (χ0n) is 37.5. The number of nitrogens with one attached hydrogen (secondary N) is 2. The number of hydrogen-bond donors (Lipinski definition) is 2. The SMILES string of the molecule is CCCCCCCCOCCOCCOCCOCCOCCOCCOCCOCCOCCOCCCCCC(=O)Nc1cccc2c1C(=O)N(C1CCC(=O)NC1=O)C2=O. The highest BCUT2D eigenvalue weighted by Crippen LogP contribution is 2.32. The quantitative estimate of drug-likeness (QED) is 0.0700. The number of amides is 5. The highest BCUT2D eigenvalue weighted by molar-refractivity contribution is 6.26. The summed E-state index contributed by atoms with van der Waals surface area (Å²) in [4.78, 5) is 63.6. The molecule has 2 N–H and O–H groups in total. The molecule has 1 atom stereocenters. The summed E-state index contributed by atoms with van der Waals surface area (Å²) in [5.74, 6) is -2.71. The van der Waals surface area contributed by atoms with Gasteiger partial charge in [-0.05, 0) is 37.8 Å². The van der Waals surface area contributed by atoms with E-state index in [9.17, 15) is 24.0 Å². The van der Waals surface area contributed by atoms with Crippen molar-refractivity contribution in [2.24, 2.45) is 0 Å². The Bertz CT molecular complexity index is 1430. The number of anilines is 1. The molecule has 0 aliphatic carbocycles. The minimum absolute atomic E-state index is 0.0288. The van der Waals surface area contributed by atoms with E-state index in [4.69, 9.17) is 47.4 Å². The fraction of sp³-hybridized carbons (Fsp3) is 0.756. The van der Waals surface area contributed by atoms with Gasteiger partial charge in [0, 0.05) is 26.1 Å². The largest absolute Gasteiger partial charge is 0.379 e. The lowest BCUT2D eigenvalue weighted by molar-refractivity contribution is -0.136. The normalized spacial score (nSPS) is 15.1. The van der Waals surface area contributed by atoms with E-state index in [1.54, 1.807) is 12.1 Å². The number of imide groups is 2. The molecule has 0 bridgehead atoms. The van der Waals surface area contributed by atoms with Gasteiger partial charge in [-0.1, -0.05) is 51.5 Å². The molecule has 3 rings (SSSR count). The van der Waals surface area contributed by atoms with Crippen LogP contribution in [0.4, 0.5) is 5.69 Å². The fourth-order valence-corrected chi connectivity index (χ4v) is 6.56. The molecule has 18 nitrogen and oxygen atoms in total. The highest BCUT2D eigenvalue weighted by Gasteiger charge is 2.45. The van der Waals surface area contributed by atoms with Crippen LogP contribution in [0.3, 0.4) is 0 Å². The van der Waals surface area contributed by atoms with Crippen LogP contribution in [0.5, 0.6) is 0 Å². The second kappa shape index (κ2) is 35.9. The summed E-state index contributed by atoms with van der Waals surface area (Å²) in [7, 11) is 0. The summed E-state index contributed by atoms with van der Waals surface area (Å²) < 4.78 is 55.3. The van der Waals surface area contributed by atoms with Crippen LogP contribution in [-0.4, -0.2) is 173 Å². The molecule has 1 aromatic rings. The van der Waals surface area contributed by atoms with Crippen LogP contribution in [-0.2, 0) is 61.8 Å². The lowest BCUT2D eigenvalue weighted by atomic mass is 10.0. The molecule has 1 unspecified atom stereocenters. The number of benzene rings is 1. The lowest BCUT2D eigenvalue weighted by Crippen LogP contribution is -2.54. The van der Waals surface area contributed by atoms with E-state index in [1.165, 1.54) is 38.2 Å². The van der Waals surface area contributed by atoms with Crippen molar-refractivity contribution in [1.82, 2.24) is 10.2 Å². The van der Waals surface area contributed by atoms with Crippen LogP contribution >= 0.6 is 0 Å². The van der Waals surface area contributed by atoms with Crippen molar-refractivity contribution < 1.29 is 71.3 Å². The maximum atomic E-state index is 13.2. The van der Waals surface area contributed by atoms with Crippen molar-refractivity contribution in [2.45, 2.75) is 90.0 Å². The van der Waals surface area contributed by atoms with E-state index in [1.807, 2.05) is 0 Å². The van der Waals surface area contributed by atoms with Crippen LogP contribution < -0.4 is 10.6 Å². The number of ether oxygens (including phenoxy) is 10. The Morgan fingerprint density at radius 1 is 0.556 bits per heavy atom. The minimum atomic E-state index is -1.07. The van der Waals surface area contributed by atoms with Crippen LogP contribution in [0.15, 0.2) is 18.2 Å². The van der Waals surface area contributed by atoms with Gasteiger partial charge in [0.1, 0.15) is 6.04 Å². The first-order valence-electron chi connectivity index (χ1n) is 22.9. The Balaban J connectivity index is 0.982. The van der Waals surface area contributed by atoms with Crippen LogP contribution in [0.2, 0.25) is 0 Å². The molecule has 2 aliphatic heterocycles. The molecule has 0 saturated carbocycles. The molecule has 1 aromatic carbocycles. The van der Waals surface area contributed by atoms with Gasteiger partial charge < -0.3 is 52.7 Å². The van der Waals surface area contributed by atoms with Crippen molar-refractivity contribution in [1.29, 1.82) is 0 Å². The van der Waals surface area contributed by atoms with Gasteiger partial charge in [0.05, 0.1) is 136 Å². The molecule has 63 heavy (non-hydrogen) atoms. The molecule has 1 fully saturated rings. The van der Waals surface area contributed by atoms with Gasteiger partial charge in [-0.3, -0.25) is 34.2 Å². The molecule has 1 saturated heterocycles. The van der Waals surface area contributed by atoms with Crippen molar-refractivity contribution in [3.63, 3.8) is 0 Å². The van der Waals surface area contributed by atoms with Gasteiger partial charge in [0.25, 0.3) is 11.8 Å². The molecule has 358 valence electrons. The van der Waals surface area contributed by atoms with Gasteiger partial charge in [-0.15, -0.1) is 0 Å². The fourth-order valence-electron chi connectivity index (χ4n) is 6.56. The molecule has 5 amide bonds. The summed E-state index contributed by atoms with van der Waals surface area (Å²) in [6.45, 7) is 12.6. The monoisotopic (exact) mass is 896 g/mol. The summed E-state index contributed by atoms with van der Waals surface area (Å²) in [5.41, 5.74) is 0.386. The van der Waals surface area contributed by atoms with Gasteiger partial charge in [-0.2, -0.15) is 0 Å². The van der Waals surface area contributed by atoms with Crippen LogP contribution in [0.1, 0.15) is 105 Å². The average molecular weight is 896 g/mol. The van der Waals surface area contributed by atoms with Crippen molar-refractivity contribution in [3.05, 3.63) is 29.3 Å². The Kier molecular flexibility index (Phi) is 30.7. The maximum Gasteiger partial charge on any atom is 0.264 e. The number of carbonyl (C=O) groups is 5. The molecule has 0 radical (unpaired) electrons. The third-order valence-corrected chi connectivity index (χ3v) is 9.93. The predicted octanol–water partition coefficient (Wildman–Crippen LogP) is 4.11. The van der Waals surface area contributed by atoms with Crippen LogP contribution in [0, 0.1) is 0 Å². The lowest BCUT2D eigenvalue weighted by Gasteiger charge is -2.27. The summed E-state index contributed by atoms with van der Waals surface area (Å²) in [6, 6.07) is 3.54. The minimum Gasteiger partial charge on any atom is -0.379 e. The molecule has 2 aliphatic rings. The maximum absolute atomic E-state index is 13.2. The Morgan fingerprint density at radius 3 is 1.41 bits per heavy atom. The second-order valence-corrected chi connectivity index (χ2v) is 14.9. The van der Waals surface area contributed by atoms with E-state index in [0.29, 0.717) is 132 Å². The van der Waals surface area contributed by atoms with E-state index in [2.05, 4.69) is 17.6 Å². The van der Waals surface area contributed by atoms with Gasteiger partial charge in [-0.25, -0.2) is 0 Å². The number of fused-ring (bicyclic) bond motifs is 1. The Labute approximate surface area is 372 Å². The molecule has 0 spiro atoms.